The third-order valence-electron chi connectivity index (χ3n) is 1.99. The van der Waals surface area contributed by atoms with E-state index in [1.54, 1.807) is 6.92 Å². The lowest BCUT2D eigenvalue weighted by Gasteiger charge is -2.28. The fourth-order valence-electron chi connectivity index (χ4n) is 1.50. The molecule has 1 heterocycles. The minimum atomic E-state index is 0.0524. The quantitative estimate of drug-likeness (QED) is 0.584. The van der Waals surface area contributed by atoms with E-state index in [9.17, 15) is 4.79 Å². The summed E-state index contributed by atoms with van der Waals surface area (Å²) < 4.78 is 0. The van der Waals surface area contributed by atoms with Crippen LogP contribution < -0.4 is 10.6 Å². The Morgan fingerprint density at radius 1 is 1.55 bits per heavy atom. The Labute approximate surface area is 67.5 Å². The van der Waals surface area contributed by atoms with Crippen LogP contribution in [0.4, 0.5) is 0 Å². The van der Waals surface area contributed by atoms with Gasteiger partial charge in [-0.15, -0.1) is 0 Å². The van der Waals surface area contributed by atoms with E-state index >= 15 is 0 Å². The van der Waals surface area contributed by atoms with Crippen LogP contribution in [0.5, 0.6) is 0 Å². The molecule has 3 nitrogen and oxygen atoms in total. The van der Waals surface area contributed by atoms with Crippen molar-refractivity contribution in [1.29, 1.82) is 0 Å². The SMILES string of the molecule is CC(=O)NC1CCCC(C)N1. The first-order chi connectivity index (χ1) is 5.18. The Kier molecular flexibility index (Phi) is 2.88. The maximum absolute atomic E-state index is 10.7. The number of hydrogen-bond acceptors (Lipinski definition) is 2. The molecule has 2 atom stereocenters. The van der Waals surface area contributed by atoms with Crippen molar-refractivity contribution in [3.05, 3.63) is 0 Å². The molecule has 1 aliphatic heterocycles. The van der Waals surface area contributed by atoms with Gasteiger partial charge >= 0.3 is 0 Å². The van der Waals surface area contributed by atoms with Crippen LogP contribution in [-0.4, -0.2) is 18.1 Å². The summed E-state index contributed by atoms with van der Waals surface area (Å²) in [5.74, 6) is 0.0524. The van der Waals surface area contributed by atoms with Crippen LogP contribution in [0.1, 0.15) is 33.1 Å². The molecule has 0 bridgehead atoms. The molecule has 2 N–H and O–H groups in total. The van der Waals surface area contributed by atoms with Crippen LogP contribution >= 0.6 is 0 Å². The van der Waals surface area contributed by atoms with Crippen LogP contribution in [0.15, 0.2) is 0 Å². The minimum absolute atomic E-state index is 0.0524. The van der Waals surface area contributed by atoms with Crippen LogP contribution in [0.3, 0.4) is 0 Å². The molecule has 0 saturated carbocycles. The number of rotatable bonds is 1. The zero-order valence-electron chi connectivity index (χ0n) is 7.18. The van der Waals surface area contributed by atoms with E-state index in [2.05, 4.69) is 17.6 Å². The molecule has 0 aromatic rings. The molecule has 0 aromatic carbocycles. The first kappa shape index (κ1) is 8.53. The Hall–Kier alpha value is -0.570. The van der Waals surface area contributed by atoms with Crippen molar-refractivity contribution in [1.82, 2.24) is 10.6 Å². The second kappa shape index (κ2) is 3.72. The Bertz CT molecular complexity index is 147. The highest BCUT2D eigenvalue weighted by Crippen LogP contribution is 2.09. The molecule has 0 aliphatic carbocycles. The molecular weight excluding hydrogens is 140 g/mol. The van der Waals surface area contributed by atoms with Crippen LogP contribution in [-0.2, 0) is 4.79 Å². The van der Waals surface area contributed by atoms with E-state index in [4.69, 9.17) is 0 Å². The normalized spacial score (nSPS) is 31.5. The molecule has 3 heteroatoms. The van der Waals surface area contributed by atoms with Gasteiger partial charge in [0.1, 0.15) is 0 Å². The number of amides is 1. The van der Waals surface area contributed by atoms with Gasteiger partial charge in [0, 0.05) is 13.0 Å². The molecule has 0 aromatic heterocycles. The van der Waals surface area contributed by atoms with Gasteiger partial charge < -0.3 is 5.32 Å². The van der Waals surface area contributed by atoms with Crippen molar-refractivity contribution >= 4 is 5.91 Å². The summed E-state index contributed by atoms with van der Waals surface area (Å²) in [4.78, 5) is 10.7. The predicted octanol–water partition coefficient (Wildman–Crippen LogP) is 0.611. The summed E-state index contributed by atoms with van der Waals surface area (Å²) in [5, 5.41) is 6.18. The van der Waals surface area contributed by atoms with E-state index in [1.165, 1.54) is 12.8 Å². The molecule has 11 heavy (non-hydrogen) atoms. The van der Waals surface area contributed by atoms with E-state index < -0.39 is 0 Å². The fourth-order valence-corrected chi connectivity index (χ4v) is 1.50. The lowest BCUT2D eigenvalue weighted by Crippen LogP contribution is -2.50. The Morgan fingerprint density at radius 2 is 2.27 bits per heavy atom. The zero-order valence-corrected chi connectivity index (χ0v) is 7.18. The number of piperidine rings is 1. The molecule has 0 radical (unpaired) electrons. The van der Waals surface area contributed by atoms with Gasteiger partial charge in [0.25, 0.3) is 0 Å². The predicted molar refractivity (Wildman–Crippen MR) is 44.1 cm³/mol. The molecule has 1 rings (SSSR count). The molecule has 2 unspecified atom stereocenters. The number of hydrogen-bond donors (Lipinski definition) is 2. The monoisotopic (exact) mass is 156 g/mol. The number of carbonyl (C=O) groups is 1. The third kappa shape index (κ3) is 2.89. The van der Waals surface area contributed by atoms with Gasteiger partial charge in [-0.05, 0) is 26.2 Å². The average Bonchev–Trinajstić information content (AvgIpc) is 1.85. The highest BCUT2D eigenvalue weighted by molar-refractivity contribution is 5.73. The maximum Gasteiger partial charge on any atom is 0.218 e. The van der Waals surface area contributed by atoms with E-state index in [0.717, 1.165) is 6.42 Å². The van der Waals surface area contributed by atoms with Crippen molar-refractivity contribution in [2.24, 2.45) is 0 Å². The Morgan fingerprint density at radius 3 is 2.82 bits per heavy atom. The summed E-state index contributed by atoms with van der Waals surface area (Å²) in [6.07, 6.45) is 3.69. The third-order valence-corrected chi connectivity index (χ3v) is 1.99. The van der Waals surface area contributed by atoms with Gasteiger partial charge in [0.15, 0.2) is 0 Å². The van der Waals surface area contributed by atoms with E-state index in [0.29, 0.717) is 6.04 Å². The summed E-state index contributed by atoms with van der Waals surface area (Å²) in [7, 11) is 0. The minimum Gasteiger partial charge on any atom is -0.341 e. The van der Waals surface area contributed by atoms with Crippen molar-refractivity contribution in [3.63, 3.8) is 0 Å². The number of carbonyl (C=O) groups excluding carboxylic acids is 1. The highest BCUT2D eigenvalue weighted by Gasteiger charge is 2.17. The first-order valence-corrected chi connectivity index (χ1v) is 4.21. The van der Waals surface area contributed by atoms with Crippen molar-refractivity contribution in [3.8, 4) is 0 Å². The summed E-state index contributed by atoms with van der Waals surface area (Å²) in [6.45, 7) is 3.70. The molecule has 0 spiro atoms. The molecule has 1 fully saturated rings. The average molecular weight is 156 g/mol. The smallest absolute Gasteiger partial charge is 0.218 e. The molecule has 1 aliphatic rings. The first-order valence-electron chi connectivity index (χ1n) is 4.21. The standard InChI is InChI=1S/C8H16N2O/c1-6-4-3-5-8(9-6)10-7(2)11/h6,8-9H,3-5H2,1-2H3,(H,10,11). The van der Waals surface area contributed by atoms with E-state index in [-0.39, 0.29) is 12.1 Å². The van der Waals surface area contributed by atoms with Gasteiger partial charge in [0.2, 0.25) is 5.91 Å². The Balaban J connectivity index is 2.28. The molecule has 1 amide bonds. The lowest BCUT2D eigenvalue weighted by molar-refractivity contribution is -0.120. The van der Waals surface area contributed by atoms with Crippen molar-refractivity contribution < 1.29 is 4.79 Å². The van der Waals surface area contributed by atoms with Crippen LogP contribution in [0, 0.1) is 0 Å². The second-order valence-electron chi connectivity index (χ2n) is 3.25. The molecular formula is C8H16N2O. The highest BCUT2D eigenvalue weighted by atomic mass is 16.1. The summed E-state index contributed by atoms with van der Waals surface area (Å²) >= 11 is 0. The van der Waals surface area contributed by atoms with Gasteiger partial charge in [-0.3, -0.25) is 10.1 Å². The summed E-state index contributed by atoms with van der Waals surface area (Å²) in [6, 6.07) is 0.542. The molecule has 1 saturated heterocycles. The van der Waals surface area contributed by atoms with Gasteiger partial charge in [-0.1, -0.05) is 0 Å². The second-order valence-corrected chi connectivity index (χ2v) is 3.25. The largest absolute Gasteiger partial charge is 0.341 e. The van der Waals surface area contributed by atoms with Gasteiger partial charge in [-0.2, -0.15) is 0 Å². The fraction of sp³-hybridized carbons (Fsp3) is 0.875. The van der Waals surface area contributed by atoms with Crippen molar-refractivity contribution in [2.75, 3.05) is 0 Å². The van der Waals surface area contributed by atoms with Gasteiger partial charge in [0.05, 0.1) is 6.17 Å². The van der Waals surface area contributed by atoms with Gasteiger partial charge in [-0.25, -0.2) is 0 Å². The number of nitrogens with one attached hydrogen (secondary N) is 2. The van der Waals surface area contributed by atoms with Crippen LogP contribution in [0.25, 0.3) is 0 Å². The van der Waals surface area contributed by atoms with Crippen molar-refractivity contribution in [2.45, 2.75) is 45.3 Å². The van der Waals surface area contributed by atoms with Crippen LogP contribution in [0.2, 0.25) is 0 Å². The maximum atomic E-state index is 10.7. The topological polar surface area (TPSA) is 41.1 Å². The lowest BCUT2D eigenvalue weighted by atomic mass is 10.0. The van der Waals surface area contributed by atoms with E-state index in [1.807, 2.05) is 0 Å². The zero-order chi connectivity index (χ0) is 8.27. The molecule has 64 valence electrons. The summed E-state index contributed by atoms with van der Waals surface area (Å²) in [5.41, 5.74) is 0.